The van der Waals surface area contributed by atoms with Gasteiger partial charge in [0.05, 0.1) is 17.1 Å². The second kappa shape index (κ2) is 10.7. The van der Waals surface area contributed by atoms with E-state index >= 15 is 0 Å². The molecule has 36 heavy (non-hydrogen) atoms. The predicted molar refractivity (Wildman–Crippen MR) is 143 cm³/mol. The standard InChI is InChI=1S/C30H29FN2O2S/c1-20-7-14-25(15-8-20)32-29(34)23-11-16-27-26(18-23)33(19-22-9-12-24(31)13-10-22)30(35)28(36-27)17-21-5-3-2-4-6-21/h2-6,9-13,16-18,20,25H,7-8,14-15,19H2,1H3,(H,32,34)/b28-17-. The molecule has 3 aromatic carbocycles. The summed E-state index contributed by atoms with van der Waals surface area (Å²) in [5, 5.41) is 3.18. The van der Waals surface area contributed by atoms with Gasteiger partial charge in [0, 0.05) is 16.5 Å². The quantitative estimate of drug-likeness (QED) is 0.391. The lowest BCUT2D eigenvalue weighted by atomic mass is 9.87. The molecule has 1 N–H and O–H groups in total. The number of nitrogens with one attached hydrogen (secondary N) is 1. The molecule has 0 saturated heterocycles. The van der Waals surface area contributed by atoms with Crippen molar-refractivity contribution in [2.45, 2.75) is 50.1 Å². The van der Waals surface area contributed by atoms with Crippen LogP contribution < -0.4 is 10.2 Å². The van der Waals surface area contributed by atoms with E-state index in [1.807, 2.05) is 54.6 Å². The first-order valence-electron chi connectivity index (χ1n) is 12.4. The Morgan fingerprint density at radius 2 is 1.75 bits per heavy atom. The largest absolute Gasteiger partial charge is 0.349 e. The van der Waals surface area contributed by atoms with Gasteiger partial charge in [-0.2, -0.15) is 0 Å². The van der Waals surface area contributed by atoms with Crippen LogP contribution >= 0.6 is 11.8 Å². The molecule has 1 aliphatic heterocycles. The molecule has 0 spiro atoms. The third kappa shape index (κ3) is 5.54. The number of nitrogens with zero attached hydrogens (tertiary/aromatic N) is 1. The van der Waals surface area contributed by atoms with Gasteiger partial charge in [0.15, 0.2) is 0 Å². The maximum absolute atomic E-state index is 13.7. The van der Waals surface area contributed by atoms with Crippen LogP contribution in [0, 0.1) is 11.7 Å². The van der Waals surface area contributed by atoms with E-state index in [-0.39, 0.29) is 30.2 Å². The summed E-state index contributed by atoms with van der Waals surface area (Å²) >= 11 is 1.41. The monoisotopic (exact) mass is 500 g/mol. The lowest BCUT2D eigenvalue weighted by Crippen LogP contribution is -2.38. The average Bonchev–Trinajstić information content (AvgIpc) is 2.89. The second-order valence-corrected chi connectivity index (χ2v) is 10.7. The van der Waals surface area contributed by atoms with Crippen LogP contribution in [0.4, 0.5) is 10.1 Å². The highest BCUT2D eigenvalue weighted by Crippen LogP contribution is 2.43. The van der Waals surface area contributed by atoms with E-state index in [0.29, 0.717) is 22.1 Å². The number of anilines is 1. The molecule has 1 fully saturated rings. The molecular weight excluding hydrogens is 471 g/mol. The number of hydrogen-bond donors (Lipinski definition) is 1. The van der Waals surface area contributed by atoms with Gasteiger partial charge in [-0.1, -0.05) is 61.2 Å². The first-order valence-corrected chi connectivity index (χ1v) is 13.2. The van der Waals surface area contributed by atoms with Crippen LogP contribution in [-0.4, -0.2) is 17.9 Å². The van der Waals surface area contributed by atoms with Gasteiger partial charge >= 0.3 is 0 Å². The number of rotatable bonds is 5. The lowest BCUT2D eigenvalue weighted by molar-refractivity contribution is -0.114. The maximum atomic E-state index is 13.7. The molecule has 3 aromatic rings. The molecule has 184 valence electrons. The number of halogens is 1. The third-order valence-corrected chi connectivity index (χ3v) is 7.97. The highest BCUT2D eigenvalue weighted by molar-refractivity contribution is 8.04. The van der Waals surface area contributed by atoms with E-state index in [2.05, 4.69) is 12.2 Å². The van der Waals surface area contributed by atoms with Crippen LogP contribution in [0.3, 0.4) is 0 Å². The number of hydrogen-bond acceptors (Lipinski definition) is 3. The van der Waals surface area contributed by atoms with Gasteiger partial charge < -0.3 is 10.2 Å². The molecular formula is C30H29FN2O2S. The van der Waals surface area contributed by atoms with Crippen molar-refractivity contribution >= 4 is 35.3 Å². The molecule has 0 unspecified atom stereocenters. The number of carbonyl (C=O) groups is 2. The van der Waals surface area contributed by atoms with Crippen molar-refractivity contribution in [1.82, 2.24) is 5.32 Å². The number of fused-ring (bicyclic) bond motifs is 1. The summed E-state index contributed by atoms with van der Waals surface area (Å²) in [5.74, 6) is 0.144. The maximum Gasteiger partial charge on any atom is 0.265 e. The first kappa shape index (κ1) is 24.3. The molecule has 1 aliphatic carbocycles. The Kier molecular flexibility index (Phi) is 7.23. The van der Waals surface area contributed by atoms with E-state index in [0.717, 1.165) is 41.7 Å². The van der Waals surface area contributed by atoms with Gasteiger partial charge in [-0.3, -0.25) is 9.59 Å². The normalized spacial score (nSPS) is 20.8. The Morgan fingerprint density at radius 1 is 1.03 bits per heavy atom. The van der Waals surface area contributed by atoms with Crippen molar-refractivity contribution in [3.8, 4) is 0 Å². The van der Waals surface area contributed by atoms with E-state index in [4.69, 9.17) is 0 Å². The van der Waals surface area contributed by atoms with Crippen LogP contribution in [0.25, 0.3) is 6.08 Å². The highest BCUT2D eigenvalue weighted by Gasteiger charge is 2.30. The van der Waals surface area contributed by atoms with Crippen LogP contribution in [0.5, 0.6) is 0 Å². The van der Waals surface area contributed by atoms with Crippen LogP contribution in [0.2, 0.25) is 0 Å². The number of benzene rings is 3. The fourth-order valence-corrected chi connectivity index (χ4v) is 5.79. The molecule has 2 amide bonds. The Balaban J connectivity index is 1.46. The number of amides is 2. The summed E-state index contributed by atoms with van der Waals surface area (Å²) in [4.78, 5) is 29.9. The van der Waals surface area contributed by atoms with E-state index < -0.39 is 0 Å². The molecule has 6 heteroatoms. The zero-order valence-corrected chi connectivity index (χ0v) is 21.1. The smallest absolute Gasteiger partial charge is 0.265 e. The fourth-order valence-electron chi connectivity index (χ4n) is 4.75. The van der Waals surface area contributed by atoms with Crippen molar-refractivity contribution in [3.05, 3.63) is 100 Å². The van der Waals surface area contributed by atoms with Gasteiger partial charge in [0.25, 0.3) is 11.8 Å². The molecule has 0 aromatic heterocycles. The summed E-state index contributed by atoms with van der Waals surface area (Å²) in [6, 6.07) is 21.6. The molecule has 0 radical (unpaired) electrons. The van der Waals surface area contributed by atoms with Gasteiger partial charge in [-0.15, -0.1) is 0 Å². The minimum absolute atomic E-state index is 0.109. The lowest BCUT2D eigenvalue weighted by Gasteiger charge is -2.31. The van der Waals surface area contributed by atoms with Gasteiger partial charge in [0.2, 0.25) is 0 Å². The van der Waals surface area contributed by atoms with Crippen LogP contribution in [0.1, 0.15) is 54.1 Å². The Morgan fingerprint density at radius 3 is 2.47 bits per heavy atom. The average molecular weight is 501 g/mol. The zero-order valence-electron chi connectivity index (χ0n) is 20.2. The van der Waals surface area contributed by atoms with Gasteiger partial charge in [-0.25, -0.2) is 4.39 Å². The summed E-state index contributed by atoms with van der Waals surface area (Å²) in [6.45, 7) is 2.54. The molecule has 0 bridgehead atoms. The van der Waals surface area contributed by atoms with Gasteiger partial charge in [0.1, 0.15) is 5.82 Å². The van der Waals surface area contributed by atoms with Crippen molar-refractivity contribution < 1.29 is 14.0 Å². The fraction of sp³-hybridized carbons (Fsp3) is 0.267. The predicted octanol–water partition coefficient (Wildman–Crippen LogP) is 6.81. The minimum atomic E-state index is -0.319. The number of carbonyl (C=O) groups excluding carboxylic acids is 2. The molecule has 5 rings (SSSR count). The summed E-state index contributed by atoms with van der Waals surface area (Å²) < 4.78 is 13.5. The van der Waals surface area contributed by atoms with Crippen LogP contribution in [-0.2, 0) is 11.3 Å². The molecule has 1 saturated carbocycles. The highest BCUT2D eigenvalue weighted by atomic mass is 32.2. The second-order valence-electron chi connectivity index (χ2n) is 9.65. The van der Waals surface area contributed by atoms with Gasteiger partial charge in [-0.05, 0) is 79.1 Å². The van der Waals surface area contributed by atoms with Crippen molar-refractivity contribution in [1.29, 1.82) is 0 Å². The zero-order chi connectivity index (χ0) is 25.1. The van der Waals surface area contributed by atoms with E-state index in [1.165, 1.54) is 23.9 Å². The summed E-state index contributed by atoms with van der Waals surface area (Å²) in [6.07, 6.45) is 6.13. The summed E-state index contributed by atoms with van der Waals surface area (Å²) in [5.41, 5.74) is 2.99. The Bertz CT molecular complexity index is 1280. The molecule has 0 atom stereocenters. The van der Waals surface area contributed by atoms with Crippen LogP contribution in [0.15, 0.2) is 82.6 Å². The van der Waals surface area contributed by atoms with Crippen molar-refractivity contribution in [3.63, 3.8) is 0 Å². The first-order chi connectivity index (χ1) is 17.5. The molecule has 1 heterocycles. The molecule has 2 aliphatic rings. The SMILES string of the molecule is CC1CCC(NC(=O)c2ccc3c(c2)N(Cc2ccc(F)cc2)C(=O)/C(=C/c2ccccc2)S3)CC1. The Hall–Kier alpha value is -3.38. The van der Waals surface area contributed by atoms with Crippen molar-refractivity contribution in [2.24, 2.45) is 5.92 Å². The number of thioether (sulfide) groups is 1. The van der Waals surface area contributed by atoms with Crippen molar-refractivity contribution in [2.75, 3.05) is 4.90 Å². The molecule has 4 nitrogen and oxygen atoms in total. The topological polar surface area (TPSA) is 49.4 Å². The minimum Gasteiger partial charge on any atom is -0.349 e. The van der Waals surface area contributed by atoms with E-state index in [9.17, 15) is 14.0 Å². The van der Waals surface area contributed by atoms with E-state index in [1.54, 1.807) is 17.0 Å². The third-order valence-electron chi connectivity index (χ3n) is 6.89. The summed E-state index contributed by atoms with van der Waals surface area (Å²) in [7, 11) is 0. The Labute approximate surface area is 215 Å².